The summed E-state index contributed by atoms with van der Waals surface area (Å²) in [5, 5.41) is 9.27. The van der Waals surface area contributed by atoms with Crippen molar-refractivity contribution in [3.05, 3.63) is 23.2 Å². The van der Waals surface area contributed by atoms with Crippen LogP contribution in [0.3, 0.4) is 0 Å². The molecule has 0 bridgehead atoms. The van der Waals surface area contributed by atoms with Crippen LogP contribution in [0.25, 0.3) is 21.7 Å². The summed E-state index contributed by atoms with van der Waals surface area (Å²) in [5.41, 5.74) is -0.121. The third-order valence-corrected chi connectivity index (χ3v) is 5.68. The second-order valence-electron chi connectivity index (χ2n) is 8.60. The Kier molecular flexibility index (Phi) is 5.63. The molecule has 3 aromatic heterocycles. The Bertz CT molecular complexity index is 1170. The molecule has 170 valence electrons. The molecule has 3 aromatic rings. The van der Waals surface area contributed by atoms with Gasteiger partial charge >= 0.3 is 12.1 Å². The van der Waals surface area contributed by atoms with Crippen LogP contribution in [0.1, 0.15) is 39.3 Å². The second kappa shape index (κ2) is 8.14. The molecule has 0 aromatic carbocycles. The Hall–Kier alpha value is -3.05. The summed E-state index contributed by atoms with van der Waals surface area (Å²) in [6, 6.07) is 3.73. The van der Waals surface area contributed by atoms with Crippen molar-refractivity contribution in [2.45, 2.75) is 51.9 Å². The maximum absolute atomic E-state index is 13.0. The number of hydrogen-bond donors (Lipinski definition) is 1. The van der Waals surface area contributed by atoms with Gasteiger partial charge in [0.05, 0.1) is 11.2 Å². The van der Waals surface area contributed by atoms with Crippen LogP contribution in [-0.4, -0.2) is 49.7 Å². The lowest BCUT2D eigenvalue weighted by molar-refractivity contribution is -0.161. The average molecular weight is 460 g/mol. The molecule has 1 fully saturated rings. The molecule has 10 nitrogen and oxygen atoms in total. The van der Waals surface area contributed by atoms with Gasteiger partial charge < -0.3 is 14.2 Å². The quantitative estimate of drug-likeness (QED) is 0.463. The SMILES string of the molecule is Cc1cc(-c2nc(O[C@@]3(C(=O)OC(=O)OC(C)(C)C)CCCN3)c3sccc3n2)n(C)n1. The highest BCUT2D eigenvalue weighted by atomic mass is 32.1. The molecule has 1 aliphatic rings. The number of esters is 1. The molecule has 0 saturated carbocycles. The number of nitrogens with zero attached hydrogens (tertiary/aromatic N) is 4. The topological polar surface area (TPSA) is 117 Å². The van der Waals surface area contributed by atoms with Gasteiger partial charge in [-0.15, -0.1) is 11.3 Å². The monoisotopic (exact) mass is 459 g/mol. The summed E-state index contributed by atoms with van der Waals surface area (Å²) in [5.74, 6) is -0.220. The zero-order chi connectivity index (χ0) is 23.1. The van der Waals surface area contributed by atoms with E-state index in [1.807, 2.05) is 31.5 Å². The molecule has 0 amide bonds. The van der Waals surface area contributed by atoms with Crippen LogP contribution in [0.2, 0.25) is 0 Å². The molecular formula is C21H25N5O5S. The molecule has 0 radical (unpaired) electrons. The predicted octanol–water partition coefficient (Wildman–Crippen LogP) is 3.34. The van der Waals surface area contributed by atoms with Crippen molar-refractivity contribution in [1.82, 2.24) is 25.1 Å². The summed E-state index contributed by atoms with van der Waals surface area (Å²) >= 11 is 1.40. The Morgan fingerprint density at radius 1 is 1.28 bits per heavy atom. The standard InChI is InChI=1S/C21H25N5O5S/c1-12-11-14(26(5)25-12)16-23-13-7-10-32-15(13)17(24-16)30-21(8-6-9-22-21)18(27)29-19(28)31-20(2,3)4/h7,10-11,22H,6,8-9H2,1-5H3/t21-/m1/s1. The summed E-state index contributed by atoms with van der Waals surface area (Å²) in [6.07, 6.45) is -0.101. The molecule has 1 N–H and O–H groups in total. The minimum Gasteiger partial charge on any atom is -0.443 e. The van der Waals surface area contributed by atoms with E-state index in [0.29, 0.717) is 41.1 Å². The lowest BCUT2D eigenvalue weighted by Crippen LogP contribution is -2.54. The largest absolute Gasteiger partial charge is 0.516 e. The van der Waals surface area contributed by atoms with Crippen molar-refractivity contribution in [2.75, 3.05) is 6.54 Å². The number of ether oxygens (including phenoxy) is 3. The summed E-state index contributed by atoms with van der Waals surface area (Å²) in [7, 11) is 1.81. The van der Waals surface area contributed by atoms with Crippen LogP contribution in [-0.2, 0) is 21.3 Å². The van der Waals surface area contributed by atoms with Gasteiger partial charge in [0.25, 0.3) is 5.72 Å². The third-order valence-electron chi connectivity index (χ3n) is 4.79. The third kappa shape index (κ3) is 4.44. The van der Waals surface area contributed by atoms with Gasteiger partial charge in [-0.2, -0.15) is 10.1 Å². The zero-order valence-electron chi connectivity index (χ0n) is 18.6. The van der Waals surface area contributed by atoms with Crippen molar-refractivity contribution in [3.63, 3.8) is 0 Å². The number of aromatic nitrogens is 4. The molecule has 0 aliphatic carbocycles. The average Bonchev–Trinajstić information content (AvgIpc) is 3.40. The predicted molar refractivity (Wildman–Crippen MR) is 117 cm³/mol. The smallest absolute Gasteiger partial charge is 0.443 e. The highest BCUT2D eigenvalue weighted by Crippen LogP contribution is 2.35. The van der Waals surface area contributed by atoms with E-state index in [9.17, 15) is 9.59 Å². The van der Waals surface area contributed by atoms with Crippen LogP contribution in [0.5, 0.6) is 5.88 Å². The molecule has 1 aliphatic heterocycles. The molecule has 4 heterocycles. The normalized spacial score (nSPS) is 18.7. The molecule has 11 heteroatoms. The Morgan fingerprint density at radius 3 is 2.69 bits per heavy atom. The van der Waals surface area contributed by atoms with Gasteiger partial charge in [0.15, 0.2) is 5.82 Å². The molecular weight excluding hydrogens is 434 g/mol. The summed E-state index contributed by atoms with van der Waals surface area (Å²) in [6.45, 7) is 7.47. The van der Waals surface area contributed by atoms with E-state index in [0.717, 1.165) is 5.69 Å². The lowest BCUT2D eigenvalue weighted by Gasteiger charge is -2.27. The maximum atomic E-state index is 13.0. The molecule has 32 heavy (non-hydrogen) atoms. The Balaban J connectivity index is 1.68. The van der Waals surface area contributed by atoms with Crippen molar-refractivity contribution in [2.24, 2.45) is 7.05 Å². The minimum atomic E-state index is -1.55. The zero-order valence-corrected chi connectivity index (χ0v) is 19.4. The first-order valence-corrected chi connectivity index (χ1v) is 11.1. The van der Waals surface area contributed by atoms with E-state index < -0.39 is 23.5 Å². The van der Waals surface area contributed by atoms with Gasteiger partial charge in [-0.05, 0) is 58.2 Å². The van der Waals surface area contributed by atoms with Crippen molar-refractivity contribution in [1.29, 1.82) is 0 Å². The number of fused-ring (bicyclic) bond motifs is 1. The first-order valence-electron chi connectivity index (χ1n) is 10.2. The van der Waals surface area contributed by atoms with Crippen LogP contribution < -0.4 is 10.1 Å². The maximum Gasteiger partial charge on any atom is 0.516 e. The van der Waals surface area contributed by atoms with Gasteiger partial charge in [-0.1, -0.05) is 0 Å². The molecule has 1 saturated heterocycles. The summed E-state index contributed by atoms with van der Waals surface area (Å²) < 4.78 is 18.6. The van der Waals surface area contributed by atoms with Crippen molar-refractivity contribution < 1.29 is 23.8 Å². The van der Waals surface area contributed by atoms with E-state index in [1.54, 1.807) is 25.5 Å². The van der Waals surface area contributed by atoms with Crippen molar-refractivity contribution in [3.8, 4) is 17.4 Å². The fourth-order valence-corrected chi connectivity index (χ4v) is 4.21. The van der Waals surface area contributed by atoms with Gasteiger partial charge in [0.2, 0.25) is 5.88 Å². The van der Waals surface area contributed by atoms with E-state index in [-0.39, 0.29) is 5.88 Å². The number of hydrogen-bond acceptors (Lipinski definition) is 10. The summed E-state index contributed by atoms with van der Waals surface area (Å²) in [4.78, 5) is 34.3. The highest BCUT2D eigenvalue weighted by molar-refractivity contribution is 7.17. The first-order chi connectivity index (χ1) is 15.1. The fourth-order valence-electron chi connectivity index (χ4n) is 3.45. The molecule has 0 unspecified atom stereocenters. The van der Waals surface area contributed by atoms with Gasteiger partial charge in [0.1, 0.15) is 16.0 Å². The van der Waals surface area contributed by atoms with E-state index in [4.69, 9.17) is 14.2 Å². The molecule has 4 rings (SSSR count). The minimum absolute atomic E-state index is 0.231. The molecule has 0 spiro atoms. The van der Waals surface area contributed by atoms with Gasteiger partial charge in [-0.25, -0.2) is 14.6 Å². The number of rotatable bonds is 4. The number of carbonyl (C=O) groups is 2. The van der Waals surface area contributed by atoms with Crippen LogP contribution >= 0.6 is 11.3 Å². The van der Waals surface area contributed by atoms with Gasteiger partial charge in [-0.3, -0.25) is 10.00 Å². The Labute approximate surface area is 188 Å². The lowest BCUT2D eigenvalue weighted by atomic mass is 10.1. The van der Waals surface area contributed by atoms with Crippen LogP contribution in [0.4, 0.5) is 4.79 Å². The highest BCUT2D eigenvalue weighted by Gasteiger charge is 2.47. The van der Waals surface area contributed by atoms with Crippen LogP contribution in [0.15, 0.2) is 17.5 Å². The van der Waals surface area contributed by atoms with Crippen LogP contribution in [0, 0.1) is 6.92 Å². The Morgan fingerprint density at radius 2 is 2.06 bits per heavy atom. The number of nitrogens with one attached hydrogen (secondary N) is 1. The van der Waals surface area contributed by atoms with E-state index in [2.05, 4.69) is 20.4 Å². The molecule has 1 atom stereocenters. The number of aryl methyl sites for hydroxylation is 2. The number of thiophene rings is 1. The van der Waals surface area contributed by atoms with E-state index >= 15 is 0 Å². The van der Waals surface area contributed by atoms with Crippen molar-refractivity contribution >= 4 is 33.7 Å². The van der Waals surface area contributed by atoms with Gasteiger partial charge in [0, 0.05) is 13.5 Å². The number of carbonyl (C=O) groups excluding carboxylic acids is 2. The first kappa shape index (κ1) is 22.2. The fraction of sp³-hybridized carbons (Fsp3) is 0.476. The second-order valence-corrected chi connectivity index (χ2v) is 9.51. The van der Waals surface area contributed by atoms with E-state index in [1.165, 1.54) is 11.3 Å².